The number of carbonyl (C=O) groups excluding carboxylic acids is 1. The average molecular weight is 292 g/mol. The summed E-state index contributed by atoms with van der Waals surface area (Å²) in [5.41, 5.74) is 4.10. The number of nitrogens with zero attached hydrogens (tertiary/aromatic N) is 2. The predicted octanol–water partition coefficient (Wildman–Crippen LogP) is 2.15. The van der Waals surface area contributed by atoms with Crippen molar-refractivity contribution < 1.29 is 9.53 Å². The molecule has 20 heavy (non-hydrogen) atoms. The number of carbonyl (C=O) groups is 1. The van der Waals surface area contributed by atoms with Crippen LogP contribution < -0.4 is 5.56 Å². The molecule has 0 N–H and O–H groups in total. The van der Waals surface area contributed by atoms with Crippen LogP contribution in [0.25, 0.3) is 0 Å². The molecule has 5 nitrogen and oxygen atoms in total. The molecular formula is C14H16N2O3S. The molecule has 0 aliphatic rings. The van der Waals surface area contributed by atoms with Gasteiger partial charge in [0.15, 0.2) is 0 Å². The molecule has 0 aliphatic heterocycles. The maximum absolute atomic E-state index is 12.1. The smallest absolute Gasteiger partial charge is 0.340 e. The number of thiazole rings is 1. The zero-order valence-corrected chi connectivity index (χ0v) is 12.5. The number of hydrogen-bond donors (Lipinski definition) is 0. The molecule has 0 fully saturated rings. The summed E-state index contributed by atoms with van der Waals surface area (Å²) in [5, 5.41) is 1.88. The van der Waals surface area contributed by atoms with Crippen LogP contribution in [0.1, 0.15) is 34.2 Å². The van der Waals surface area contributed by atoms with E-state index in [1.807, 2.05) is 5.38 Å². The van der Waals surface area contributed by atoms with Crippen LogP contribution in [0, 0.1) is 13.8 Å². The number of hydrogen-bond acceptors (Lipinski definition) is 5. The molecule has 2 heterocycles. The molecule has 0 bridgehead atoms. The van der Waals surface area contributed by atoms with E-state index in [1.54, 1.807) is 30.8 Å². The highest BCUT2D eigenvalue weighted by Gasteiger charge is 2.18. The van der Waals surface area contributed by atoms with Crippen LogP contribution in [0.15, 0.2) is 21.8 Å². The molecule has 2 aromatic rings. The SMILES string of the molecule is CCOC(=O)c1c(C)cc(=O)n(Cc2cscn2)c1C. The molecule has 106 valence electrons. The van der Waals surface area contributed by atoms with E-state index in [-0.39, 0.29) is 5.56 Å². The highest BCUT2D eigenvalue weighted by Crippen LogP contribution is 2.14. The van der Waals surface area contributed by atoms with E-state index in [2.05, 4.69) is 4.98 Å². The predicted molar refractivity (Wildman–Crippen MR) is 77.3 cm³/mol. The lowest BCUT2D eigenvalue weighted by molar-refractivity contribution is 0.0523. The first kappa shape index (κ1) is 14.5. The van der Waals surface area contributed by atoms with Crippen molar-refractivity contribution in [3.8, 4) is 0 Å². The number of aryl methyl sites for hydroxylation is 1. The van der Waals surface area contributed by atoms with E-state index >= 15 is 0 Å². The van der Waals surface area contributed by atoms with Gasteiger partial charge in [0.25, 0.3) is 5.56 Å². The molecule has 0 saturated heterocycles. The molecule has 0 unspecified atom stereocenters. The van der Waals surface area contributed by atoms with E-state index < -0.39 is 5.97 Å². The number of ether oxygens (including phenoxy) is 1. The maximum atomic E-state index is 12.1. The molecule has 2 rings (SSSR count). The maximum Gasteiger partial charge on any atom is 0.340 e. The first-order chi connectivity index (χ1) is 9.54. The van der Waals surface area contributed by atoms with Gasteiger partial charge in [-0.2, -0.15) is 0 Å². The fourth-order valence-electron chi connectivity index (χ4n) is 2.11. The Balaban J connectivity index is 2.49. The Morgan fingerprint density at radius 1 is 1.45 bits per heavy atom. The molecule has 0 radical (unpaired) electrons. The summed E-state index contributed by atoms with van der Waals surface area (Å²) in [6.45, 7) is 5.93. The fourth-order valence-corrected chi connectivity index (χ4v) is 2.66. The van der Waals surface area contributed by atoms with Gasteiger partial charge in [-0.05, 0) is 26.3 Å². The van der Waals surface area contributed by atoms with Gasteiger partial charge in [-0.15, -0.1) is 11.3 Å². The van der Waals surface area contributed by atoms with Gasteiger partial charge in [0.05, 0.1) is 29.9 Å². The third kappa shape index (κ3) is 2.80. The normalized spacial score (nSPS) is 10.6. The fraction of sp³-hybridized carbons (Fsp3) is 0.357. The summed E-state index contributed by atoms with van der Waals surface area (Å²) in [5.74, 6) is -0.394. The van der Waals surface area contributed by atoms with Gasteiger partial charge in [-0.1, -0.05) is 0 Å². The Morgan fingerprint density at radius 3 is 2.80 bits per heavy atom. The van der Waals surface area contributed by atoms with Gasteiger partial charge in [-0.25, -0.2) is 9.78 Å². The monoisotopic (exact) mass is 292 g/mol. The zero-order chi connectivity index (χ0) is 14.7. The second-order valence-electron chi connectivity index (χ2n) is 4.41. The largest absolute Gasteiger partial charge is 0.462 e. The topological polar surface area (TPSA) is 61.2 Å². The van der Waals surface area contributed by atoms with Crippen molar-refractivity contribution in [3.63, 3.8) is 0 Å². The highest BCUT2D eigenvalue weighted by atomic mass is 32.1. The minimum Gasteiger partial charge on any atom is -0.462 e. The van der Waals surface area contributed by atoms with Gasteiger partial charge in [0, 0.05) is 17.1 Å². The summed E-state index contributed by atoms with van der Waals surface area (Å²) < 4.78 is 6.60. The average Bonchev–Trinajstić information content (AvgIpc) is 2.87. The molecule has 0 spiro atoms. The Labute approximate surface area is 120 Å². The molecule has 0 amide bonds. The van der Waals surface area contributed by atoms with E-state index in [9.17, 15) is 9.59 Å². The van der Waals surface area contributed by atoms with E-state index in [1.165, 1.54) is 17.4 Å². The standard InChI is InChI=1S/C14H16N2O3S/c1-4-19-14(18)13-9(2)5-12(17)16(10(13)3)6-11-7-20-8-15-11/h5,7-8H,4,6H2,1-3H3. The van der Waals surface area contributed by atoms with Crippen LogP contribution in [0.2, 0.25) is 0 Å². The van der Waals surface area contributed by atoms with Crippen molar-refractivity contribution in [2.24, 2.45) is 0 Å². The van der Waals surface area contributed by atoms with Crippen molar-refractivity contribution in [1.82, 2.24) is 9.55 Å². The van der Waals surface area contributed by atoms with Gasteiger partial charge < -0.3 is 9.30 Å². The van der Waals surface area contributed by atoms with Crippen molar-refractivity contribution >= 4 is 17.3 Å². The quantitative estimate of drug-likeness (QED) is 0.810. The van der Waals surface area contributed by atoms with Crippen LogP contribution in [0.4, 0.5) is 0 Å². The van der Waals surface area contributed by atoms with Crippen LogP contribution in [-0.2, 0) is 11.3 Å². The van der Waals surface area contributed by atoms with E-state index in [0.717, 1.165) is 5.69 Å². The van der Waals surface area contributed by atoms with Gasteiger partial charge >= 0.3 is 5.97 Å². The summed E-state index contributed by atoms with van der Waals surface area (Å²) >= 11 is 1.47. The summed E-state index contributed by atoms with van der Waals surface area (Å²) in [7, 11) is 0. The van der Waals surface area contributed by atoms with Crippen molar-refractivity contribution in [1.29, 1.82) is 0 Å². The first-order valence-corrected chi connectivity index (χ1v) is 7.24. The zero-order valence-electron chi connectivity index (χ0n) is 11.7. The Bertz CT molecular complexity index is 674. The Hall–Kier alpha value is -1.95. The van der Waals surface area contributed by atoms with Crippen LogP contribution in [0.5, 0.6) is 0 Å². The molecule has 0 saturated carbocycles. The van der Waals surface area contributed by atoms with Crippen molar-refractivity contribution in [2.45, 2.75) is 27.3 Å². The van der Waals surface area contributed by atoms with Crippen LogP contribution in [0.3, 0.4) is 0 Å². The Kier molecular flexibility index (Phi) is 4.34. The molecule has 2 aromatic heterocycles. The lowest BCUT2D eigenvalue weighted by Crippen LogP contribution is -2.26. The number of rotatable bonds is 4. The van der Waals surface area contributed by atoms with Gasteiger partial charge in [0.2, 0.25) is 0 Å². The molecule has 6 heteroatoms. The lowest BCUT2D eigenvalue weighted by Gasteiger charge is -2.14. The third-order valence-corrected chi connectivity index (χ3v) is 3.69. The first-order valence-electron chi connectivity index (χ1n) is 6.29. The summed E-state index contributed by atoms with van der Waals surface area (Å²) in [4.78, 5) is 28.3. The third-order valence-electron chi connectivity index (χ3n) is 3.05. The minimum atomic E-state index is -0.394. The molecule has 0 aromatic carbocycles. The number of esters is 1. The number of pyridine rings is 1. The second kappa shape index (κ2) is 6.00. The molecule has 0 aliphatic carbocycles. The number of aromatic nitrogens is 2. The second-order valence-corrected chi connectivity index (χ2v) is 5.13. The van der Waals surface area contributed by atoms with Crippen LogP contribution in [-0.4, -0.2) is 22.1 Å². The van der Waals surface area contributed by atoms with Gasteiger partial charge in [0.1, 0.15) is 0 Å². The van der Waals surface area contributed by atoms with E-state index in [0.29, 0.717) is 30.0 Å². The minimum absolute atomic E-state index is 0.138. The van der Waals surface area contributed by atoms with Gasteiger partial charge in [-0.3, -0.25) is 4.79 Å². The molecular weight excluding hydrogens is 276 g/mol. The van der Waals surface area contributed by atoms with Crippen LogP contribution >= 0.6 is 11.3 Å². The summed E-state index contributed by atoms with van der Waals surface area (Å²) in [6, 6.07) is 1.46. The highest BCUT2D eigenvalue weighted by molar-refractivity contribution is 7.07. The summed E-state index contributed by atoms with van der Waals surface area (Å²) in [6.07, 6.45) is 0. The lowest BCUT2D eigenvalue weighted by atomic mass is 10.1. The van der Waals surface area contributed by atoms with E-state index in [4.69, 9.17) is 4.74 Å². The van der Waals surface area contributed by atoms with Crippen molar-refractivity contribution in [2.75, 3.05) is 6.61 Å². The van der Waals surface area contributed by atoms with Crippen molar-refractivity contribution in [3.05, 3.63) is 49.8 Å². The molecule has 0 atom stereocenters. The Morgan fingerprint density at radius 2 is 2.20 bits per heavy atom.